The third kappa shape index (κ3) is 3.00. The van der Waals surface area contributed by atoms with Crippen molar-refractivity contribution >= 4 is 11.7 Å². The van der Waals surface area contributed by atoms with E-state index in [1.807, 2.05) is 0 Å². The monoisotopic (exact) mass is 255 g/mol. The van der Waals surface area contributed by atoms with Gasteiger partial charge >= 0.3 is 0 Å². The van der Waals surface area contributed by atoms with Crippen molar-refractivity contribution in [2.75, 3.05) is 11.9 Å². The molecule has 1 heterocycles. The normalized spacial score (nSPS) is 9.58. The first kappa shape index (κ1) is 12.9. The maximum absolute atomic E-state index is 12.2. The largest absolute Gasteiger partial charge is 0.384 e. The molecular formula is C14H13N3O2. The van der Waals surface area contributed by atoms with Gasteiger partial charge in [0.2, 0.25) is 0 Å². The van der Waals surface area contributed by atoms with Crippen LogP contribution in [0.2, 0.25) is 0 Å². The van der Waals surface area contributed by atoms with E-state index in [2.05, 4.69) is 22.3 Å². The first-order valence-corrected chi connectivity index (χ1v) is 5.70. The number of nitrogens with zero attached hydrogens (tertiary/aromatic N) is 2. The molecule has 1 aromatic heterocycles. The number of aliphatic hydroxyl groups is 1. The Morgan fingerprint density at radius 1 is 1.42 bits per heavy atom. The number of rotatable bonds is 2. The first-order valence-electron chi connectivity index (χ1n) is 5.70. The molecule has 5 nitrogen and oxygen atoms in total. The summed E-state index contributed by atoms with van der Waals surface area (Å²) in [5.74, 6) is 5.64. The van der Waals surface area contributed by atoms with Crippen LogP contribution in [0.5, 0.6) is 0 Å². The third-order valence-electron chi connectivity index (χ3n) is 2.54. The minimum Gasteiger partial charge on any atom is -0.384 e. The number of carbonyl (C=O) groups excluding carboxylic acids is 1. The van der Waals surface area contributed by atoms with E-state index < -0.39 is 0 Å². The number of anilines is 1. The maximum atomic E-state index is 12.2. The van der Waals surface area contributed by atoms with Gasteiger partial charge in [-0.2, -0.15) is 5.10 Å². The molecule has 2 aromatic rings. The summed E-state index contributed by atoms with van der Waals surface area (Å²) in [5, 5.41) is 15.4. The number of hydrogen-bond donors (Lipinski definition) is 2. The molecule has 5 heteroatoms. The molecular weight excluding hydrogens is 242 g/mol. The Bertz CT molecular complexity index is 650. The van der Waals surface area contributed by atoms with Gasteiger partial charge in [0.15, 0.2) is 0 Å². The van der Waals surface area contributed by atoms with Crippen LogP contribution in [0.3, 0.4) is 0 Å². The van der Waals surface area contributed by atoms with E-state index in [0.717, 1.165) is 0 Å². The zero-order valence-electron chi connectivity index (χ0n) is 10.4. The Morgan fingerprint density at radius 2 is 2.21 bits per heavy atom. The van der Waals surface area contributed by atoms with Gasteiger partial charge in [0.25, 0.3) is 5.91 Å². The molecule has 0 saturated carbocycles. The zero-order chi connectivity index (χ0) is 13.7. The van der Waals surface area contributed by atoms with Gasteiger partial charge in [-0.1, -0.05) is 24.0 Å². The number of nitrogens with one attached hydrogen (secondary N) is 1. The van der Waals surface area contributed by atoms with Crippen molar-refractivity contribution in [3.63, 3.8) is 0 Å². The van der Waals surface area contributed by atoms with Gasteiger partial charge in [0.05, 0.1) is 11.8 Å². The molecule has 0 atom stereocenters. The SMILES string of the molecule is Cn1nccc1NC(=O)c1ccccc1C#CCO. The fraction of sp³-hybridized carbons (Fsp3) is 0.143. The highest BCUT2D eigenvalue weighted by Crippen LogP contribution is 2.11. The molecule has 2 rings (SSSR count). The topological polar surface area (TPSA) is 67.2 Å². The lowest BCUT2D eigenvalue weighted by Gasteiger charge is -2.06. The molecule has 0 saturated heterocycles. The fourth-order valence-corrected chi connectivity index (χ4v) is 1.61. The first-order chi connectivity index (χ1) is 9.22. The van der Waals surface area contributed by atoms with Crippen LogP contribution in [-0.4, -0.2) is 27.4 Å². The van der Waals surface area contributed by atoms with Gasteiger partial charge in [-0.15, -0.1) is 0 Å². The highest BCUT2D eigenvalue weighted by Gasteiger charge is 2.11. The van der Waals surface area contributed by atoms with Gasteiger partial charge < -0.3 is 10.4 Å². The minimum atomic E-state index is -0.258. The van der Waals surface area contributed by atoms with Crippen molar-refractivity contribution in [1.82, 2.24) is 9.78 Å². The molecule has 0 bridgehead atoms. The summed E-state index contributed by atoms with van der Waals surface area (Å²) in [7, 11) is 1.74. The molecule has 2 N–H and O–H groups in total. The van der Waals surface area contributed by atoms with Crippen LogP contribution in [0.4, 0.5) is 5.82 Å². The summed E-state index contributed by atoms with van der Waals surface area (Å²) >= 11 is 0. The summed E-state index contributed by atoms with van der Waals surface area (Å²) in [5.41, 5.74) is 1.04. The van der Waals surface area contributed by atoms with Crippen molar-refractivity contribution in [2.24, 2.45) is 7.05 Å². The number of amides is 1. The molecule has 1 aromatic carbocycles. The van der Waals surface area contributed by atoms with Crippen molar-refractivity contribution in [3.8, 4) is 11.8 Å². The number of aryl methyl sites for hydroxylation is 1. The zero-order valence-corrected chi connectivity index (χ0v) is 10.4. The van der Waals surface area contributed by atoms with E-state index in [4.69, 9.17) is 5.11 Å². The Hall–Kier alpha value is -2.58. The highest BCUT2D eigenvalue weighted by atomic mass is 16.2. The van der Waals surface area contributed by atoms with Crippen LogP contribution in [0, 0.1) is 11.8 Å². The van der Waals surface area contributed by atoms with E-state index in [1.165, 1.54) is 0 Å². The average Bonchev–Trinajstić information content (AvgIpc) is 2.82. The molecule has 0 aliphatic rings. The maximum Gasteiger partial charge on any atom is 0.258 e. The van der Waals surface area contributed by atoms with Crippen LogP contribution in [0.25, 0.3) is 0 Å². The van der Waals surface area contributed by atoms with E-state index >= 15 is 0 Å². The lowest BCUT2D eigenvalue weighted by Crippen LogP contribution is -2.15. The van der Waals surface area contributed by atoms with E-state index in [1.54, 1.807) is 48.3 Å². The second-order valence-corrected chi connectivity index (χ2v) is 3.80. The van der Waals surface area contributed by atoms with Crippen molar-refractivity contribution in [1.29, 1.82) is 0 Å². The van der Waals surface area contributed by atoms with Crippen LogP contribution >= 0.6 is 0 Å². The van der Waals surface area contributed by atoms with Crippen LogP contribution in [0.1, 0.15) is 15.9 Å². The Kier molecular flexibility index (Phi) is 3.96. The Labute approximate surface area is 110 Å². The number of carbonyl (C=O) groups is 1. The fourth-order valence-electron chi connectivity index (χ4n) is 1.61. The molecule has 19 heavy (non-hydrogen) atoms. The molecule has 0 radical (unpaired) electrons. The quantitative estimate of drug-likeness (QED) is 0.787. The smallest absolute Gasteiger partial charge is 0.258 e. The molecule has 0 aliphatic heterocycles. The molecule has 0 aliphatic carbocycles. The molecule has 96 valence electrons. The number of benzene rings is 1. The molecule has 1 amide bonds. The van der Waals surface area contributed by atoms with Crippen molar-refractivity contribution in [2.45, 2.75) is 0 Å². The van der Waals surface area contributed by atoms with Gasteiger partial charge in [-0.25, -0.2) is 0 Å². The molecule has 0 unspecified atom stereocenters. The van der Waals surface area contributed by atoms with E-state index in [9.17, 15) is 4.79 Å². The number of aliphatic hydroxyl groups excluding tert-OH is 1. The minimum absolute atomic E-state index is 0.238. The average molecular weight is 255 g/mol. The summed E-state index contributed by atoms with van der Waals surface area (Å²) in [6.07, 6.45) is 1.60. The van der Waals surface area contributed by atoms with Gasteiger partial charge in [0.1, 0.15) is 12.4 Å². The summed E-state index contributed by atoms with van der Waals surface area (Å²) < 4.78 is 1.57. The van der Waals surface area contributed by atoms with Crippen molar-refractivity contribution < 1.29 is 9.90 Å². The standard InChI is InChI=1S/C14H13N3O2/c1-17-13(8-9-15-17)16-14(19)12-7-3-2-5-11(12)6-4-10-18/h2-3,5,7-9,18H,10H2,1H3,(H,16,19). The Morgan fingerprint density at radius 3 is 2.89 bits per heavy atom. The second-order valence-electron chi connectivity index (χ2n) is 3.80. The number of aromatic nitrogens is 2. The van der Waals surface area contributed by atoms with Crippen molar-refractivity contribution in [3.05, 3.63) is 47.7 Å². The van der Waals surface area contributed by atoms with Crippen LogP contribution in [-0.2, 0) is 7.05 Å². The van der Waals surface area contributed by atoms with E-state index in [-0.39, 0.29) is 12.5 Å². The van der Waals surface area contributed by atoms with Crippen LogP contribution < -0.4 is 5.32 Å². The summed E-state index contributed by atoms with van der Waals surface area (Å²) in [4.78, 5) is 12.2. The predicted molar refractivity (Wildman–Crippen MR) is 71.6 cm³/mol. The Balaban J connectivity index is 2.26. The van der Waals surface area contributed by atoms with E-state index in [0.29, 0.717) is 16.9 Å². The van der Waals surface area contributed by atoms with Gasteiger partial charge in [-0.3, -0.25) is 9.48 Å². The van der Waals surface area contributed by atoms with Gasteiger partial charge in [0, 0.05) is 18.7 Å². The molecule has 0 fully saturated rings. The second kappa shape index (κ2) is 5.85. The highest BCUT2D eigenvalue weighted by molar-refractivity contribution is 6.05. The lowest BCUT2D eigenvalue weighted by molar-refractivity contribution is 0.102. The summed E-state index contributed by atoms with van der Waals surface area (Å²) in [6.45, 7) is -0.238. The van der Waals surface area contributed by atoms with Crippen LogP contribution in [0.15, 0.2) is 36.5 Å². The third-order valence-corrected chi connectivity index (χ3v) is 2.54. The molecule has 0 spiro atoms. The lowest BCUT2D eigenvalue weighted by atomic mass is 10.1. The summed E-state index contributed by atoms with van der Waals surface area (Å²) in [6, 6.07) is 8.69. The predicted octanol–water partition coefficient (Wildman–Crippen LogP) is 1.02. The number of hydrogen-bond acceptors (Lipinski definition) is 3. The van der Waals surface area contributed by atoms with Gasteiger partial charge in [-0.05, 0) is 12.1 Å².